The van der Waals surface area contributed by atoms with E-state index in [2.05, 4.69) is 25.0 Å². The van der Waals surface area contributed by atoms with E-state index in [1.807, 2.05) is 7.05 Å². The Bertz CT molecular complexity index is 880. The molecule has 0 aliphatic carbocycles. The van der Waals surface area contributed by atoms with Crippen molar-refractivity contribution < 1.29 is 14.2 Å². The standard InChI is InChI=1S/C19H28N8O3/c1-20-19-23-15-14(16(24-19)25-2-8-28-9-3-25)21-17(26-4-10-29-11-5-26)18(22-15)27-6-12-30-13-7-27/h2-13H2,1H3,(H,20,22,23,24). The van der Waals surface area contributed by atoms with Gasteiger partial charge < -0.3 is 34.2 Å². The van der Waals surface area contributed by atoms with Crippen LogP contribution in [0.5, 0.6) is 0 Å². The Balaban J connectivity index is 1.65. The van der Waals surface area contributed by atoms with Crippen LogP contribution < -0.4 is 20.0 Å². The Morgan fingerprint density at radius 2 is 1.07 bits per heavy atom. The summed E-state index contributed by atoms with van der Waals surface area (Å²) in [4.78, 5) is 26.2. The molecule has 1 N–H and O–H groups in total. The van der Waals surface area contributed by atoms with Gasteiger partial charge in [-0.2, -0.15) is 9.97 Å². The molecule has 30 heavy (non-hydrogen) atoms. The van der Waals surface area contributed by atoms with Crippen LogP contribution in [0.4, 0.5) is 23.4 Å². The molecule has 5 rings (SSSR count). The summed E-state index contributed by atoms with van der Waals surface area (Å²) in [5.41, 5.74) is 1.34. The third-order valence-electron chi connectivity index (χ3n) is 5.63. The van der Waals surface area contributed by atoms with Crippen LogP contribution in [-0.2, 0) is 14.2 Å². The van der Waals surface area contributed by atoms with Crippen LogP contribution in [-0.4, -0.2) is 106 Å². The Hall–Kier alpha value is -2.50. The molecular formula is C19H28N8O3. The van der Waals surface area contributed by atoms with Gasteiger partial charge in [0.1, 0.15) is 0 Å². The van der Waals surface area contributed by atoms with Crippen molar-refractivity contribution in [2.75, 3.05) is 106 Å². The highest BCUT2D eigenvalue weighted by molar-refractivity contribution is 5.88. The van der Waals surface area contributed by atoms with Crippen LogP contribution in [0.1, 0.15) is 0 Å². The smallest absolute Gasteiger partial charge is 0.226 e. The fourth-order valence-corrected chi connectivity index (χ4v) is 4.00. The maximum Gasteiger partial charge on any atom is 0.226 e. The zero-order valence-electron chi connectivity index (χ0n) is 17.3. The molecular weight excluding hydrogens is 388 g/mol. The summed E-state index contributed by atoms with van der Waals surface area (Å²) >= 11 is 0. The quantitative estimate of drug-likeness (QED) is 0.727. The Labute approximate surface area is 175 Å². The van der Waals surface area contributed by atoms with Crippen LogP contribution in [0, 0.1) is 0 Å². The number of rotatable bonds is 4. The van der Waals surface area contributed by atoms with Gasteiger partial charge in [-0.1, -0.05) is 0 Å². The largest absolute Gasteiger partial charge is 0.378 e. The van der Waals surface area contributed by atoms with E-state index in [0.717, 1.165) is 62.2 Å². The highest BCUT2D eigenvalue weighted by Crippen LogP contribution is 2.32. The predicted octanol–water partition coefficient (Wildman–Crippen LogP) is -0.0287. The second-order valence-corrected chi connectivity index (χ2v) is 7.46. The van der Waals surface area contributed by atoms with Gasteiger partial charge in [-0.25, -0.2) is 9.97 Å². The van der Waals surface area contributed by atoms with Crippen molar-refractivity contribution in [3.05, 3.63) is 0 Å². The van der Waals surface area contributed by atoms with Crippen LogP contribution in [0.3, 0.4) is 0 Å². The van der Waals surface area contributed by atoms with Gasteiger partial charge in [0.2, 0.25) is 5.95 Å². The number of nitrogens with zero attached hydrogens (tertiary/aromatic N) is 7. The van der Waals surface area contributed by atoms with Gasteiger partial charge in [0.15, 0.2) is 28.6 Å². The monoisotopic (exact) mass is 416 g/mol. The molecule has 0 unspecified atom stereocenters. The van der Waals surface area contributed by atoms with E-state index in [1.165, 1.54) is 0 Å². The van der Waals surface area contributed by atoms with E-state index in [9.17, 15) is 0 Å². The highest BCUT2D eigenvalue weighted by atomic mass is 16.5. The lowest BCUT2D eigenvalue weighted by Crippen LogP contribution is -2.41. The molecule has 162 valence electrons. The summed E-state index contributed by atoms with van der Waals surface area (Å²) in [6, 6.07) is 0. The minimum Gasteiger partial charge on any atom is -0.378 e. The molecule has 11 nitrogen and oxygen atoms in total. The van der Waals surface area contributed by atoms with Crippen LogP contribution in [0.15, 0.2) is 0 Å². The first kappa shape index (κ1) is 19.5. The van der Waals surface area contributed by atoms with Crippen LogP contribution in [0.25, 0.3) is 11.2 Å². The molecule has 5 heterocycles. The number of anilines is 4. The fraction of sp³-hybridized carbons (Fsp3) is 0.684. The molecule has 0 aromatic carbocycles. The van der Waals surface area contributed by atoms with Crippen molar-refractivity contribution >= 4 is 34.6 Å². The van der Waals surface area contributed by atoms with Crippen molar-refractivity contribution in [1.82, 2.24) is 19.9 Å². The molecule has 0 amide bonds. The lowest BCUT2D eigenvalue weighted by molar-refractivity contribution is 0.120. The highest BCUT2D eigenvalue weighted by Gasteiger charge is 2.27. The molecule has 11 heteroatoms. The molecule has 0 spiro atoms. The molecule has 3 aliphatic heterocycles. The third-order valence-corrected chi connectivity index (χ3v) is 5.63. The van der Waals surface area contributed by atoms with Gasteiger partial charge in [0, 0.05) is 46.3 Å². The third kappa shape index (κ3) is 3.80. The van der Waals surface area contributed by atoms with Gasteiger partial charge in [-0.3, -0.25) is 0 Å². The maximum absolute atomic E-state index is 5.56. The number of aromatic nitrogens is 4. The Morgan fingerprint density at radius 1 is 0.600 bits per heavy atom. The number of hydrogen-bond acceptors (Lipinski definition) is 11. The number of morpholine rings is 3. The van der Waals surface area contributed by atoms with Crippen molar-refractivity contribution in [2.24, 2.45) is 0 Å². The molecule has 2 aromatic rings. The van der Waals surface area contributed by atoms with E-state index in [4.69, 9.17) is 29.2 Å². The Morgan fingerprint density at radius 3 is 1.57 bits per heavy atom. The van der Waals surface area contributed by atoms with Crippen LogP contribution in [0.2, 0.25) is 0 Å². The number of nitrogens with one attached hydrogen (secondary N) is 1. The van der Waals surface area contributed by atoms with Crippen molar-refractivity contribution in [2.45, 2.75) is 0 Å². The SMILES string of the molecule is CNc1nc(N2CCOCC2)c2nc(N3CCOCC3)c(N3CCOCC3)nc2n1. The van der Waals surface area contributed by atoms with Crippen molar-refractivity contribution in [1.29, 1.82) is 0 Å². The van der Waals surface area contributed by atoms with E-state index in [-0.39, 0.29) is 0 Å². The molecule has 0 radical (unpaired) electrons. The second kappa shape index (κ2) is 8.70. The molecule has 3 fully saturated rings. The van der Waals surface area contributed by atoms with Gasteiger partial charge in [-0.15, -0.1) is 0 Å². The predicted molar refractivity (Wildman–Crippen MR) is 114 cm³/mol. The summed E-state index contributed by atoms with van der Waals surface area (Å²) in [7, 11) is 1.82. The first-order chi connectivity index (χ1) is 14.8. The molecule has 0 atom stereocenters. The minimum absolute atomic E-state index is 0.547. The fourth-order valence-electron chi connectivity index (χ4n) is 4.00. The van der Waals surface area contributed by atoms with Gasteiger partial charge >= 0.3 is 0 Å². The van der Waals surface area contributed by atoms with Crippen LogP contribution >= 0.6 is 0 Å². The zero-order valence-corrected chi connectivity index (χ0v) is 17.3. The number of ether oxygens (including phenoxy) is 3. The molecule has 3 aliphatic rings. The summed E-state index contributed by atoms with van der Waals surface area (Å²) in [5.74, 6) is 3.10. The second-order valence-electron chi connectivity index (χ2n) is 7.46. The van der Waals surface area contributed by atoms with E-state index >= 15 is 0 Å². The topological polar surface area (TPSA) is 101 Å². The summed E-state index contributed by atoms with van der Waals surface area (Å²) in [6.07, 6.45) is 0. The first-order valence-electron chi connectivity index (χ1n) is 10.6. The summed E-state index contributed by atoms with van der Waals surface area (Å²) < 4.78 is 16.6. The van der Waals surface area contributed by atoms with Crippen molar-refractivity contribution in [3.63, 3.8) is 0 Å². The number of fused-ring (bicyclic) bond motifs is 1. The maximum atomic E-state index is 5.56. The first-order valence-corrected chi connectivity index (χ1v) is 10.6. The molecule has 0 saturated carbocycles. The van der Waals surface area contributed by atoms with Gasteiger partial charge in [-0.05, 0) is 0 Å². The molecule has 0 bridgehead atoms. The van der Waals surface area contributed by atoms with Gasteiger partial charge in [0.25, 0.3) is 0 Å². The average molecular weight is 416 g/mol. The van der Waals surface area contributed by atoms with E-state index in [1.54, 1.807) is 0 Å². The number of hydrogen-bond donors (Lipinski definition) is 1. The van der Waals surface area contributed by atoms with Crippen molar-refractivity contribution in [3.8, 4) is 0 Å². The summed E-state index contributed by atoms with van der Waals surface area (Å²) in [5, 5.41) is 3.07. The lowest BCUT2D eigenvalue weighted by Gasteiger charge is -2.34. The minimum atomic E-state index is 0.547. The molecule has 2 aromatic heterocycles. The van der Waals surface area contributed by atoms with E-state index in [0.29, 0.717) is 51.2 Å². The van der Waals surface area contributed by atoms with Gasteiger partial charge in [0.05, 0.1) is 39.6 Å². The zero-order chi connectivity index (χ0) is 20.3. The Kier molecular flexibility index (Phi) is 5.65. The normalized spacial score (nSPS) is 20.6. The van der Waals surface area contributed by atoms with E-state index < -0.39 is 0 Å². The summed E-state index contributed by atoms with van der Waals surface area (Å²) in [6.45, 7) is 8.81. The average Bonchev–Trinajstić information content (AvgIpc) is 2.84. The molecule has 3 saturated heterocycles. The lowest BCUT2D eigenvalue weighted by atomic mass is 10.3.